The number of amides is 2. The summed E-state index contributed by atoms with van der Waals surface area (Å²) in [6.07, 6.45) is 1.06. The second kappa shape index (κ2) is 5.30. The van der Waals surface area contributed by atoms with E-state index in [0.29, 0.717) is 26.0 Å². The van der Waals surface area contributed by atoms with Gasteiger partial charge in [0, 0.05) is 20.1 Å². The van der Waals surface area contributed by atoms with E-state index in [1.54, 1.807) is 7.11 Å². The highest BCUT2D eigenvalue weighted by Crippen LogP contribution is 2.13. The summed E-state index contributed by atoms with van der Waals surface area (Å²) >= 11 is 0. The molecule has 0 aromatic carbocycles. The fourth-order valence-electron chi connectivity index (χ4n) is 1.79. The third-order valence-electron chi connectivity index (χ3n) is 2.60. The predicted octanol–water partition coefficient (Wildman–Crippen LogP) is 0.0538. The number of rotatable bonds is 4. The van der Waals surface area contributed by atoms with Gasteiger partial charge in [0.15, 0.2) is 0 Å². The van der Waals surface area contributed by atoms with Crippen LogP contribution in [0.4, 0.5) is 0 Å². The summed E-state index contributed by atoms with van der Waals surface area (Å²) < 4.78 is 5.03. The predicted molar refractivity (Wildman–Crippen MR) is 59.8 cm³/mol. The molecule has 0 spiro atoms. The van der Waals surface area contributed by atoms with Gasteiger partial charge in [0.25, 0.3) is 0 Å². The number of carbonyl (C=O) groups is 2. The largest absolute Gasteiger partial charge is 0.382 e. The van der Waals surface area contributed by atoms with E-state index in [9.17, 15) is 9.59 Å². The van der Waals surface area contributed by atoms with Crippen LogP contribution in [-0.4, -0.2) is 37.6 Å². The molecule has 16 heavy (non-hydrogen) atoms. The smallest absolute Gasteiger partial charge is 0.225 e. The third-order valence-corrected chi connectivity index (χ3v) is 2.60. The molecule has 1 heterocycles. The Bertz CT molecular complexity index is 266. The van der Waals surface area contributed by atoms with Gasteiger partial charge in [-0.3, -0.25) is 9.59 Å². The number of hydrogen-bond acceptors (Lipinski definition) is 3. The van der Waals surface area contributed by atoms with Crippen molar-refractivity contribution in [2.75, 3.05) is 20.3 Å². The second-order valence-corrected chi connectivity index (χ2v) is 4.85. The molecule has 1 aliphatic rings. The lowest BCUT2D eigenvalue weighted by molar-refractivity contribution is -0.130. The van der Waals surface area contributed by atoms with Crippen molar-refractivity contribution < 1.29 is 14.3 Å². The van der Waals surface area contributed by atoms with Gasteiger partial charge in [-0.15, -0.1) is 0 Å². The molecule has 0 bridgehead atoms. The Balaban J connectivity index is 2.43. The van der Waals surface area contributed by atoms with Crippen LogP contribution in [-0.2, 0) is 14.3 Å². The zero-order valence-electron chi connectivity index (χ0n) is 10.1. The van der Waals surface area contributed by atoms with Crippen molar-refractivity contribution in [1.29, 1.82) is 0 Å². The molecule has 1 fully saturated rings. The average molecular weight is 228 g/mol. The summed E-state index contributed by atoms with van der Waals surface area (Å²) in [6.45, 7) is 4.73. The van der Waals surface area contributed by atoms with Crippen molar-refractivity contribution in [1.82, 2.24) is 10.6 Å². The number of methoxy groups -OCH3 is 1. The highest BCUT2D eigenvalue weighted by Gasteiger charge is 2.28. The zero-order chi connectivity index (χ0) is 12.2. The third kappa shape index (κ3) is 3.81. The van der Waals surface area contributed by atoms with Gasteiger partial charge in [-0.05, 0) is 20.3 Å². The molecule has 5 heteroatoms. The Kier molecular flexibility index (Phi) is 4.29. The SMILES string of the molecule is COCC(C)(C)NC(=O)C1CCC(=O)NC1. The molecule has 2 N–H and O–H groups in total. The van der Waals surface area contributed by atoms with Crippen LogP contribution in [0.2, 0.25) is 0 Å². The Morgan fingerprint density at radius 1 is 1.62 bits per heavy atom. The van der Waals surface area contributed by atoms with Gasteiger partial charge < -0.3 is 15.4 Å². The fourth-order valence-corrected chi connectivity index (χ4v) is 1.79. The van der Waals surface area contributed by atoms with E-state index in [1.165, 1.54) is 0 Å². The molecule has 0 aliphatic carbocycles. The number of piperidine rings is 1. The summed E-state index contributed by atoms with van der Waals surface area (Å²) in [5.74, 6) is -0.101. The van der Waals surface area contributed by atoms with E-state index in [0.717, 1.165) is 0 Å². The molecule has 1 aliphatic heterocycles. The summed E-state index contributed by atoms with van der Waals surface area (Å²) in [5, 5.41) is 5.63. The van der Waals surface area contributed by atoms with Gasteiger partial charge in [-0.25, -0.2) is 0 Å². The molecule has 1 rings (SSSR count). The molecule has 0 aromatic heterocycles. The lowest BCUT2D eigenvalue weighted by Gasteiger charge is -2.29. The molecule has 0 saturated carbocycles. The minimum absolute atomic E-state index is 0.0120. The van der Waals surface area contributed by atoms with Crippen molar-refractivity contribution in [2.45, 2.75) is 32.2 Å². The quantitative estimate of drug-likeness (QED) is 0.714. The Morgan fingerprint density at radius 3 is 2.81 bits per heavy atom. The maximum absolute atomic E-state index is 11.9. The van der Waals surface area contributed by atoms with E-state index in [4.69, 9.17) is 4.74 Å². The van der Waals surface area contributed by atoms with Crippen LogP contribution in [0.3, 0.4) is 0 Å². The monoisotopic (exact) mass is 228 g/mol. The van der Waals surface area contributed by atoms with Gasteiger partial charge in [-0.2, -0.15) is 0 Å². The van der Waals surface area contributed by atoms with Gasteiger partial charge in [0.05, 0.1) is 18.1 Å². The van der Waals surface area contributed by atoms with Crippen molar-refractivity contribution in [3.63, 3.8) is 0 Å². The molecule has 2 amide bonds. The maximum Gasteiger partial charge on any atom is 0.225 e. The summed E-state index contributed by atoms with van der Waals surface area (Å²) in [4.78, 5) is 22.8. The van der Waals surface area contributed by atoms with Crippen LogP contribution in [0.25, 0.3) is 0 Å². The van der Waals surface area contributed by atoms with Crippen LogP contribution in [0.15, 0.2) is 0 Å². The molecule has 5 nitrogen and oxygen atoms in total. The van der Waals surface area contributed by atoms with Crippen LogP contribution in [0, 0.1) is 5.92 Å². The number of nitrogens with one attached hydrogen (secondary N) is 2. The first-order chi connectivity index (χ1) is 7.44. The maximum atomic E-state index is 11.9. The Morgan fingerprint density at radius 2 is 2.31 bits per heavy atom. The van der Waals surface area contributed by atoms with E-state index in [2.05, 4.69) is 10.6 Å². The lowest BCUT2D eigenvalue weighted by Crippen LogP contribution is -2.52. The highest BCUT2D eigenvalue weighted by atomic mass is 16.5. The van der Waals surface area contributed by atoms with Crippen LogP contribution in [0.1, 0.15) is 26.7 Å². The average Bonchev–Trinajstić information content (AvgIpc) is 2.17. The first-order valence-corrected chi connectivity index (χ1v) is 5.52. The molecular formula is C11H20N2O3. The molecule has 1 atom stereocenters. The van der Waals surface area contributed by atoms with Gasteiger partial charge >= 0.3 is 0 Å². The number of carbonyl (C=O) groups excluding carboxylic acids is 2. The van der Waals surface area contributed by atoms with Crippen molar-refractivity contribution in [2.24, 2.45) is 5.92 Å². The summed E-state index contributed by atoms with van der Waals surface area (Å²) in [7, 11) is 1.61. The minimum atomic E-state index is -0.368. The van der Waals surface area contributed by atoms with Crippen molar-refractivity contribution in [3.05, 3.63) is 0 Å². The summed E-state index contributed by atoms with van der Waals surface area (Å²) in [6, 6.07) is 0. The first kappa shape index (κ1) is 13.0. The van der Waals surface area contributed by atoms with Gasteiger partial charge in [0.1, 0.15) is 0 Å². The molecule has 92 valence electrons. The van der Waals surface area contributed by atoms with Gasteiger partial charge in [0.2, 0.25) is 11.8 Å². The topological polar surface area (TPSA) is 67.4 Å². The normalized spacial score (nSPS) is 21.4. The Hall–Kier alpha value is -1.10. The van der Waals surface area contributed by atoms with Gasteiger partial charge in [-0.1, -0.05) is 0 Å². The molecule has 0 aromatic rings. The molecule has 1 unspecified atom stereocenters. The first-order valence-electron chi connectivity index (χ1n) is 5.52. The lowest BCUT2D eigenvalue weighted by atomic mass is 9.96. The van der Waals surface area contributed by atoms with E-state index in [1.807, 2.05) is 13.8 Å². The van der Waals surface area contributed by atoms with E-state index >= 15 is 0 Å². The fraction of sp³-hybridized carbons (Fsp3) is 0.818. The number of ether oxygens (including phenoxy) is 1. The standard InChI is InChI=1S/C11H20N2O3/c1-11(2,7-16-3)13-10(15)8-4-5-9(14)12-6-8/h8H,4-7H2,1-3H3,(H,12,14)(H,13,15). The van der Waals surface area contributed by atoms with E-state index < -0.39 is 0 Å². The van der Waals surface area contributed by atoms with Crippen LogP contribution < -0.4 is 10.6 Å². The number of hydrogen-bond donors (Lipinski definition) is 2. The second-order valence-electron chi connectivity index (χ2n) is 4.85. The van der Waals surface area contributed by atoms with Crippen molar-refractivity contribution >= 4 is 11.8 Å². The van der Waals surface area contributed by atoms with Crippen LogP contribution >= 0.6 is 0 Å². The Labute approximate surface area is 95.9 Å². The highest BCUT2D eigenvalue weighted by molar-refractivity contribution is 5.84. The molecule has 0 radical (unpaired) electrons. The summed E-state index contributed by atoms with van der Waals surface area (Å²) in [5.41, 5.74) is -0.368. The van der Waals surface area contributed by atoms with Crippen LogP contribution in [0.5, 0.6) is 0 Å². The molecular weight excluding hydrogens is 208 g/mol. The minimum Gasteiger partial charge on any atom is -0.382 e. The van der Waals surface area contributed by atoms with Crippen molar-refractivity contribution in [3.8, 4) is 0 Å². The zero-order valence-corrected chi connectivity index (χ0v) is 10.1. The molecule has 1 saturated heterocycles. The van der Waals surface area contributed by atoms with E-state index in [-0.39, 0.29) is 23.3 Å².